The molecule has 3 aromatic rings. The van der Waals surface area contributed by atoms with Crippen LogP contribution in [0, 0.1) is 12.0 Å². The van der Waals surface area contributed by atoms with Gasteiger partial charge in [0.15, 0.2) is 0 Å². The van der Waals surface area contributed by atoms with E-state index in [1.165, 1.54) is 38.6 Å². The van der Waals surface area contributed by atoms with Crippen LogP contribution in [0.3, 0.4) is 0 Å². The van der Waals surface area contributed by atoms with Gasteiger partial charge in [-0.05, 0) is 12.1 Å². The average molecular weight is 496 g/mol. The second-order valence-electron chi connectivity index (χ2n) is 7.64. The van der Waals surface area contributed by atoms with Crippen LogP contribution in [-0.4, -0.2) is 5.43 Å². The number of halogens is 1. The maximum atomic E-state index is 5.89. The molecule has 0 saturated heterocycles. The molecule has 1 atom stereocenters. The topological polar surface area (TPSA) is 0 Å². The maximum absolute atomic E-state index is 5.89. The van der Waals surface area contributed by atoms with Crippen molar-refractivity contribution >= 4 is 27.8 Å². The predicted molar refractivity (Wildman–Crippen MR) is 127 cm³/mol. The second kappa shape index (κ2) is 11.3. The molecular formula is C26H29ClSiZr. The molecule has 4 rings (SSSR count). The minimum Gasteiger partial charge on any atom is -0.150 e. The smallest absolute Gasteiger partial charge is 0.0405 e. The molecule has 3 aromatic carbocycles. The van der Waals surface area contributed by atoms with Crippen molar-refractivity contribution < 1.29 is 23.3 Å². The normalized spacial score (nSPS) is 15.3. The van der Waals surface area contributed by atoms with Gasteiger partial charge in [0.1, 0.15) is 0 Å². The molecule has 3 heteroatoms. The maximum Gasteiger partial charge on any atom is 0.0405 e. The number of rotatable bonds is 1. The van der Waals surface area contributed by atoms with Crippen molar-refractivity contribution in [2.45, 2.75) is 40.8 Å². The molecule has 0 radical (unpaired) electrons. The third-order valence-corrected chi connectivity index (χ3v) is 5.32. The van der Waals surface area contributed by atoms with Crippen LogP contribution in [0.2, 0.25) is 18.1 Å². The van der Waals surface area contributed by atoms with Crippen LogP contribution >= 0.6 is 11.6 Å². The van der Waals surface area contributed by atoms with Gasteiger partial charge >= 0.3 is 41.9 Å². The van der Waals surface area contributed by atoms with Crippen molar-refractivity contribution in [3.63, 3.8) is 0 Å². The number of allylic oxidation sites excluding steroid dienone is 4. The summed E-state index contributed by atoms with van der Waals surface area (Å²) in [6, 6.07) is 20.7. The summed E-state index contributed by atoms with van der Waals surface area (Å²) in [5, 5.41) is 3.36. The van der Waals surface area contributed by atoms with Gasteiger partial charge in [-0.2, -0.15) is 11.1 Å². The van der Waals surface area contributed by atoms with E-state index in [9.17, 15) is 0 Å². The van der Waals surface area contributed by atoms with Crippen LogP contribution in [0.15, 0.2) is 77.4 Å². The average Bonchev–Trinajstić information content (AvgIpc) is 3.20. The van der Waals surface area contributed by atoms with Gasteiger partial charge < -0.3 is 0 Å². The molecular weight excluding hydrogens is 467 g/mol. The fourth-order valence-corrected chi connectivity index (χ4v) is 3.32. The Labute approximate surface area is 196 Å². The zero-order chi connectivity index (χ0) is 21.6. The Hall–Kier alpha value is -1.08. The fraction of sp³-hybridized carbons (Fsp3) is 0.269. The number of hydrogen-bond acceptors (Lipinski definition) is 0. The molecule has 0 bridgehead atoms. The predicted octanol–water partition coefficient (Wildman–Crippen LogP) is 8.39. The molecule has 148 valence electrons. The molecule has 1 aliphatic rings. The zero-order valence-corrected chi connectivity index (χ0v) is 22.4. The molecule has 0 nitrogen and oxygen atoms in total. The number of benzene rings is 2. The van der Waals surface area contributed by atoms with E-state index in [0.29, 0.717) is 5.92 Å². The third-order valence-electron chi connectivity index (χ3n) is 5.07. The van der Waals surface area contributed by atoms with Gasteiger partial charge in [-0.1, -0.05) is 62.1 Å². The van der Waals surface area contributed by atoms with Crippen molar-refractivity contribution in [3.8, 4) is 11.1 Å². The number of hydrogen-bond donors (Lipinski definition) is 0. The van der Waals surface area contributed by atoms with Crippen LogP contribution in [0.25, 0.3) is 21.9 Å². The first kappa shape index (κ1) is 24.2. The van der Waals surface area contributed by atoms with E-state index in [1.54, 1.807) is 23.3 Å². The van der Waals surface area contributed by atoms with E-state index >= 15 is 0 Å². The van der Waals surface area contributed by atoms with Crippen molar-refractivity contribution in [2.75, 3.05) is 0 Å². The zero-order valence-electron chi connectivity index (χ0n) is 18.2. The summed E-state index contributed by atoms with van der Waals surface area (Å²) in [4.78, 5) is 0. The number of fused-ring (bicyclic) bond motifs is 1. The quantitative estimate of drug-likeness (QED) is 0.235. The minimum atomic E-state index is 0.210. The Balaban J connectivity index is 0.000000195. The van der Waals surface area contributed by atoms with Crippen LogP contribution in [0.1, 0.15) is 27.7 Å². The summed E-state index contributed by atoms with van der Waals surface area (Å²) in [6.07, 6.45) is 3.36. The van der Waals surface area contributed by atoms with E-state index in [4.69, 9.17) is 11.6 Å². The fourth-order valence-electron chi connectivity index (χ4n) is 3.19. The Morgan fingerprint density at radius 3 is 2.07 bits per heavy atom. The summed E-state index contributed by atoms with van der Waals surface area (Å²) in [6.45, 7) is 13.3. The summed E-state index contributed by atoms with van der Waals surface area (Å²) in [7, 11) is 0. The SMILES string of the molecule is CC1=[C-]C(C)C(C)=C1C.C[Si](C)=[Zr+2].Clc1ccc(-c2c[cH-]c3ccccc23)cc1. The second-order valence-corrected chi connectivity index (χ2v) is 17.5. The molecule has 0 spiro atoms. The van der Waals surface area contributed by atoms with Crippen LogP contribution < -0.4 is 0 Å². The molecule has 0 N–H and O–H groups in total. The largest absolute Gasteiger partial charge is 0.150 e. The summed E-state index contributed by atoms with van der Waals surface area (Å²) < 4.78 is 0. The van der Waals surface area contributed by atoms with E-state index in [-0.39, 0.29) is 5.43 Å². The molecule has 0 saturated carbocycles. The van der Waals surface area contributed by atoms with E-state index in [2.05, 4.69) is 95.4 Å². The van der Waals surface area contributed by atoms with Gasteiger partial charge in [0, 0.05) is 5.02 Å². The molecule has 1 unspecified atom stereocenters. The van der Waals surface area contributed by atoms with E-state index in [0.717, 1.165) is 5.02 Å². The van der Waals surface area contributed by atoms with Gasteiger partial charge in [-0.15, -0.1) is 53.6 Å². The van der Waals surface area contributed by atoms with Crippen molar-refractivity contribution in [2.24, 2.45) is 5.92 Å². The molecule has 29 heavy (non-hydrogen) atoms. The van der Waals surface area contributed by atoms with Gasteiger partial charge in [0.05, 0.1) is 0 Å². The molecule has 0 heterocycles. The molecule has 0 amide bonds. The van der Waals surface area contributed by atoms with Crippen LogP contribution in [-0.2, 0) is 23.3 Å². The van der Waals surface area contributed by atoms with Crippen LogP contribution in [0.4, 0.5) is 0 Å². The third kappa shape index (κ3) is 6.99. The molecule has 0 aliphatic heterocycles. The van der Waals surface area contributed by atoms with Crippen molar-refractivity contribution in [1.82, 2.24) is 0 Å². The van der Waals surface area contributed by atoms with Gasteiger partial charge in [0.25, 0.3) is 0 Å². The molecule has 1 aliphatic carbocycles. The van der Waals surface area contributed by atoms with Gasteiger partial charge in [-0.3, -0.25) is 6.08 Å². The first-order valence-electron chi connectivity index (χ1n) is 9.90. The van der Waals surface area contributed by atoms with Crippen LogP contribution in [0.5, 0.6) is 0 Å². The Bertz CT molecular complexity index is 1030. The van der Waals surface area contributed by atoms with Crippen molar-refractivity contribution in [3.05, 3.63) is 88.5 Å². The van der Waals surface area contributed by atoms with Gasteiger partial charge in [0.2, 0.25) is 0 Å². The van der Waals surface area contributed by atoms with E-state index in [1.807, 2.05) is 12.1 Å². The summed E-state index contributed by atoms with van der Waals surface area (Å²) in [5.74, 6) is 0.560. The Morgan fingerprint density at radius 1 is 1.00 bits per heavy atom. The molecule has 0 fully saturated rings. The molecule has 0 aromatic heterocycles. The van der Waals surface area contributed by atoms with Gasteiger partial charge in [-0.25, -0.2) is 5.57 Å². The Kier molecular flexibility index (Phi) is 9.47. The monoisotopic (exact) mass is 494 g/mol. The van der Waals surface area contributed by atoms with Crippen molar-refractivity contribution in [1.29, 1.82) is 0 Å². The first-order valence-corrected chi connectivity index (χ1v) is 16.5. The van der Waals surface area contributed by atoms with E-state index < -0.39 is 0 Å². The summed E-state index contributed by atoms with van der Waals surface area (Å²) >= 11 is 7.63. The minimum absolute atomic E-state index is 0.210. The standard InChI is InChI=1S/C15H10Cl.C9H13.C2H6Si.Zr/c16-13-8-5-12(6-9-13)15-10-7-11-3-1-2-4-14(11)15;1-6-5-7(2)9(4)8(6)3;1-3-2;/h1-10H;6H,1-4H3;1-2H3;/q2*-1;;+2. The first-order chi connectivity index (χ1) is 13.7. The Morgan fingerprint density at radius 2 is 1.59 bits per heavy atom. The summed E-state index contributed by atoms with van der Waals surface area (Å²) in [5.41, 5.74) is 6.94.